The van der Waals surface area contributed by atoms with Crippen molar-refractivity contribution in [3.8, 4) is 0 Å². The molecular weight excluding hydrogens is 172 g/mol. The minimum Gasteiger partial charge on any atom is -0.468 e. The molecule has 2 atom stereocenters. The smallest absolute Gasteiger partial charge is 0.323 e. The minimum absolute atomic E-state index is 0.0267. The van der Waals surface area contributed by atoms with Crippen LogP contribution in [0.25, 0.3) is 0 Å². The van der Waals surface area contributed by atoms with Crippen molar-refractivity contribution >= 4 is 11.9 Å². The predicted molar refractivity (Wildman–Crippen MR) is 44.9 cm³/mol. The van der Waals surface area contributed by atoms with Gasteiger partial charge in [0, 0.05) is 0 Å². The van der Waals surface area contributed by atoms with E-state index in [4.69, 9.17) is 4.74 Å². The first-order chi connectivity index (χ1) is 6.03. The summed E-state index contributed by atoms with van der Waals surface area (Å²) in [6.07, 6.45) is 0.706. The van der Waals surface area contributed by atoms with Crippen molar-refractivity contribution in [2.75, 3.05) is 13.7 Å². The van der Waals surface area contributed by atoms with Crippen LogP contribution in [0, 0.1) is 11.3 Å². The van der Waals surface area contributed by atoms with Crippen LogP contribution in [-0.2, 0) is 19.1 Å². The zero-order valence-corrected chi connectivity index (χ0v) is 8.12. The summed E-state index contributed by atoms with van der Waals surface area (Å²) >= 11 is 0. The van der Waals surface area contributed by atoms with Gasteiger partial charge in [0.1, 0.15) is 0 Å². The molecule has 0 aromatic heterocycles. The van der Waals surface area contributed by atoms with E-state index < -0.39 is 17.4 Å². The fourth-order valence-corrected chi connectivity index (χ4v) is 1.46. The molecule has 4 nitrogen and oxygen atoms in total. The third kappa shape index (κ3) is 1.41. The van der Waals surface area contributed by atoms with E-state index in [9.17, 15) is 9.59 Å². The van der Waals surface area contributed by atoms with Crippen molar-refractivity contribution in [3.63, 3.8) is 0 Å². The van der Waals surface area contributed by atoms with E-state index >= 15 is 0 Å². The van der Waals surface area contributed by atoms with Crippen LogP contribution in [-0.4, -0.2) is 25.7 Å². The molecule has 1 rings (SSSR count). The molecule has 0 N–H and O–H groups in total. The van der Waals surface area contributed by atoms with Gasteiger partial charge in [0.05, 0.1) is 13.7 Å². The fourth-order valence-electron chi connectivity index (χ4n) is 1.46. The predicted octanol–water partition coefficient (Wildman–Crippen LogP) is 0.749. The first-order valence-corrected chi connectivity index (χ1v) is 4.29. The van der Waals surface area contributed by atoms with Gasteiger partial charge in [0.15, 0.2) is 5.41 Å². The Hall–Kier alpha value is -1.06. The van der Waals surface area contributed by atoms with Gasteiger partial charge in [-0.15, -0.1) is 0 Å². The number of esters is 2. The molecule has 0 saturated carbocycles. The lowest BCUT2D eigenvalue weighted by atomic mass is 9.75. The average Bonchev–Trinajstić information content (AvgIpc) is 2.12. The Labute approximate surface area is 77.2 Å². The lowest BCUT2D eigenvalue weighted by Crippen LogP contribution is -2.47. The van der Waals surface area contributed by atoms with Crippen molar-refractivity contribution in [3.05, 3.63) is 0 Å². The Bertz CT molecular complexity index is 226. The van der Waals surface area contributed by atoms with Crippen LogP contribution in [0.15, 0.2) is 0 Å². The number of hydrogen-bond donors (Lipinski definition) is 0. The van der Waals surface area contributed by atoms with Gasteiger partial charge in [-0.05, 0) is 19.3 Å². The summed E-state index contributed by atoms with van der Waals surface area (Å²) in [7, 11) is 1.28. The van der Waals surface area contributed by atoms with E-state index in [1.54, 1.807) is 6.92 Å². The Morgan fingerprint density at radius 2 is 2.31 bits per heavy atom. The van der Waals surface area contributed by atoms with Crippen molar-refractivity contribution in [1.29, 1.82) is 0 Å². The zero-order chi connectivity index (χ0) is 10.1. The van der Waals surface area contributed by atoms with Crippen LogP contribution in [0.1, 0.15) is 20.3 Å². The first kappa shape index (κ1) is 10.0. The number of rotatable bonds is 1. The number of hydrogen-bond acceptors (Lipinski definition) is 4. The Kier molecular flexibility index (Phi) is 2.59. The molecule has 0 amide bonds. The maximum atomic E-state index is 11.4. The molecule has 4 heteroatoms. The average molecular weight is 186 g/mol. The summed E-state index contributed by atoms with van der Waals surface area (Å²) in [5, 5.41) is 0. The molecule has 0 radical (unpaired) electrons. The molecule has 0 bridgehead atoms. The van der Waals surface area contributed by atoms with Crippen molar-refractivity contribution in [2.24, 2.45) is 11.3 Å². The number of ether oxygens (including phenoxy) is 2. The van der Waals surface area contributed by atoms with E-state index in [-0.39, 0.29) is 5.92 Å². The lowest BCUT2D eigenvalue weighted by Gasteiger charge is -2.34. The van der Waals surface area contributed by atoms with Gasteiger partial charge in [0.25, 0.3) is 0 Å². The maximum Gasteiger partial charge on any atom is 0.323 e. The van der Waals surface area contributed by atoms with Gasteiger partial charge in [-0.2, -0.15) is 0 Å². The molecule has 0 aromatic carbocycles. The zero-order valence-electron chi connectivity index (χ0n) is 8.12. The molecule has 0 unspecified atom stereocenters. The second-order valence-corrected chi connectivity index (χ2v) is 3.52. The molecule has 1 saturated heterocycles. The van der Waals surface area contributed by atoms with E-state index in [1.165, 1.54) is 7.11 Å². The first-order valence-electron chi connectivity index (χ1n) is 4.29. The molecule has 0 aliphatic carbocycles. The monoisotopic (exact) mass is 186 g/mol. The van der Waals surface area contributed by atoms with Crippen LogP contribution in [0.2, 0.25) is 0 Å². The summed E-state index contributed by atoms with van der Waals surface area (Å²) in [5.74, 6) is -1.01. The van der Waals surface area contributed by atoms with Crippen LogP contribution in [0.5, 0.6) is 0 Å². The highest BCUT2D eigenvalue weighted by Gasteiger charge is 2.50. The Morgan fingerprint density at radius 1 is 1.69 bits per heavy atom. The Morgan fingerprint density at radius 3 is 2.77 bits per heavy atom. The van der Waals surface area contributed by atoms with Gasteiger partial charge < -0.3 is 9.47 Å². The molecular formula is C9H14O4. The normalized spacial score (nSPS) is 33.8. The molecule has 0 spiro atoms. The Balaban J connectivity index is 2.94. The second-order valence-electron chi connectivity index (χ2n) is 3.52. The topological polar surface area (TPSA) is 52.6 Å². The highest BCUT2D eigenvalue weighted by Crippen LogP contribution is 2.35. The quantitative estimate of drug-likeness (QED) is 0.448. The summed E-state index contributed by atoms with van der Waals surface area (Å²) in [6.45, 7) is 3.83. The van der Waals surface area contributed by atoms with E-state index in [0.29, 0.717) is 13.0 Å². The number of methoxy groups -OCH3 is 1. The molecule has 0 aromatic rings. The van der Waals surface area contributed by atoms with Crippen molar-refractivity contribution in [2.45, 2.75) is 20.3 Å². The molecule has 1 aliphatic rings. The molecule has 1 heterocycles. The van der Waals surface area contributed by atoms with Gasteiger partial charge in [-0.3, -0.25) is 9.59 Å². The molecule has 13 heavy (non-hydrogen) atoms. The summed E-state index contributed by atoms with van der Waals surface area (Å²) < 4.78 is 9.44. The summed E-state index contributed by atoms with van der Waals surface area (Å²) in [6, 6.07) is 0. The van der Waals surface area contributed by atoms with E-state index in [0.717, 1.165) is 0 Å². The number of carbonyl (C=O) groups excluding carboxylic acids is 2. The van der Waals surface area contributed by atoms with E-state index in [1.807, 2.05) is 6.92 Å². The molecule has 1 aliphatic heterocycles. The van der Waals surface area contributed by atoms with Gasteiger partial charge in [0.2, 0.25) is 0 Å². The summed E-state index contributed by atoms with van der Waals surface area (Å²) in [5.41, 5.74) is -1.12. The highest BCUT2D eigenvalue weighted by atomic mass is 16.6. The molecule has 1 fully saturated rings. The van der Waals surface area contributed by atoms with Crippen LogP contribution in [0.4, 0.5) is 0 Å². The standard InChI is InChI=1S/C9H14O4/c1-6-4-5-13-8(11)9(6,2)7(10)12-3/h6H,4-5H2,1-3H3/t6-,9+/m1/s1. The van der Waals surface area contributed by atoms with Crippen LogP contribution >= 0.6 is 0 Å². The highest BCUT2D eigenvalue weighted by molar-refractivity contribution is 6.00. The van der Waals surface area contributed by atoms with Crippen molar-refractivity contribution in [1.82, 2.24) is 0 Å². The third-order valence-corrected chi connectivity index (χ3v) is 2.80. The number of cyclic esters (lactones) is 1. The SMILES string of the molecule is COC(=O)[C@@]1(C)C(=O)OCC[C@H]1C. The van der Waals surface area contributed by atoms with Crippen LogP contribution in [0.3, 0.4) is 0 Å². The number of carbonyl (C=O) groups is 2. The van der Waals surface area contributed by atoms with Gasteiger partial charge in [-0.1, -0.05) is 6.92 Å². The lowest BCUT2D eigenvalue weighted by molar-refractivity contribution is -0.180. The van der Waals surface area contributed by atoms with Crippen LogP contribution < -0.4 is 0 Å². The fraction of sp³-hybridized carbons (Fsp3) is 0.778. The van der Waals surface area contributed by atoms with E-state index in [2.05, 4.69) is 4.74 Å². The minimum atomic E-state index is -1.12. The third-order valence-electron chi connectivity index (χ3n) is 2.80. The van der Waals surface area contributed by atoms with Gasteiger partial charge >= 0.3 is 11.9 Å². The molecule has 74 valence electrons. The largest absolute Gasteiger partial charge is 0.468 e. The van der Waals surface area contributed by atoms with Crippen molar-refractivity contribution < 1.29 is 19.1 Å². The van der Waals surface area contributed by atoms with Gasteiger partial charge in [-0.25, -0.2) is 0 Å². The second kappa shape index (κ2) is 3.36. The summed E-state index contributed by atoms with van der Waals surface area (Å²) in [4.78, 5) is 22.8. The maximum absolute atomic E-state index is 11.4.